The van der Waals surface area contributed by atoms with Crippen molar-refractivity contribution in [1.82, 2.24) is 10.2 Å². The average molecular weight is 237 g/mol. The van der Waals surface area contributed by atoms with Crippen molar-refractivity contribution in [1.29, 1.82) is 5.26 Å². The Labute approximate surface area is 106 Å². The molecule has 1 fully saturated rings. The molecule has 1 saturated carbocycles. The van der Waals surface area contributed by atoms with Crippen molar-refractivity contribution in [3.05, 3.63) is 0 Å². The van der Waals surface area contributed by atoms with Gasteiger partial charge in [-0.25, -0.2) is 0 Å². The van der Waals surface area contributed by atoms with Gasteiger partial charge in [-0.05, 0) is 51.7 Å². The highest BCUT2D eigenvalue weighted by Gasteiger charge is 2.37. The first-order valence-corrected chi connectivity index (χ1v) is 7.11. The number of hydrogen-bond acceptors (Lipinski definition) is 3. The van der Waals surface area contributed by atoms with E-state index >= 15 is 0 Å². The molecule has 0 aromatic heterocycles. The van der Waals surface area contributed by atoms with Crippen molar-refractivity contribution in [2.45, 2.75) is 64.5 Å². The standard InChI is InChI=1S/C14H27N3/c1-4-10-16-14(12-15)9-7-8-13(11-14)17(5-2)6-3/h13,16H,4-11H2,1-3H3. The molecule has 1 aliphatic carbocycles. The Bertz CT molecular complexity index is 255. The summed E-state index contributed by atoms with van der Waals surface area (Å²) in [6, 6.07) is 3.13. The summed E-state index contributed by atoms with van der Waals surface area (Å²) in [6.45, 7) is 9.73. The van der Waals surface area contributed by atoms with Gasteiger partial charge in [-0.3, -0.25) is 5.32 Å². The molecule has 0 saturated heterocycles. The van der Waals surface area contributed by atoms with E-state index in [1.807, 2.05) is 0 Å². The Morgan fingerprint density at radius 2 is 2.06 bits per heavy atom. The second-order valence-corrected chi connectivity index (χ2v) is 5.09. The second-order valence-electron chi connectivity index (χ2n) is 5.09. The SMILES string of the molecule is CCCNC1(C#N)CCCC(N(CC)CC)C1. The lowest BCUT2D eigenvalue weighted by molar-refractivity contribution is 0.130. The molecule has 2 atom stereocenters. The van der Waals surface area contributed by atoms with Crippen LogP contribution >= 0.6 is 0 Å². The fourth-order valence-electron chi connectivity index (χ4n) is 2.96. The third-order valence-corrected chi connectivity index (χ3v) is 3.98. The molecule has 0 aliphatic heterocycles. The fourth-order valence-corrected chi connectivity index (χ4v) is 2.96. The van der Waals surface area contributed by atoms with Gasteiger partial charge >= 0.3 is 0 Å². The average Bonchev–Trinajstić information content (AvgIpc) is 2.38. The van der Waals surface area contributed by atoms with Crippen LogP contribution in [-0.4, -0.2) is 36.1 Å². The topological polar surface area (TPSA) is 39.1 Å². The van der Waals surface area contributed by atoms with Crippen LogP contribution in [0.15, 0.2) is 0 Å². The molecular weight excluding hydrogens is 210 g/mol. The van der Waals surface area contributed by atoms with E-state index in [0.29, 0.717) is 6.04 Å². The van der Waals surface area contributed by atoms with Crippen molar-refractivity contribution in [3.63, 3.8) is 0 Å². The molecule has 1 rings (SSSR count). The summed E-state index contributed by atoms with van der Waals surface area (Å²) in [4.78, 5) is 2.50. The van der Waals surface area contributed by atoms with E-state index in [4.69, 9.17) is 0 Å². The van der Waals surface area contributed by atoms with Crippen molar-refractivity contribution >= 4 is 0 Å². The van der Waals surface area contributed by atoms with Crippen molar-refractivity contribution in [2.24, 2.45) is 0 Å². The molecule has 3 nitrogen and oxygen atoms in total. The Morgan fingerprint density at radius 1 is 1.35 bits per heavy atom. The predicted molar refractivity (Wildman–Crippen MR) is 71.8 cm³/mol. The van der Waals surface area contributed by atoms with Crippen molar-refractivity contribution in [3.8, 4) is 6.07 Å². The fraction of sp³-hybridized carbons (Fsp3) is 0.929. The van der Waals surface area contributed by atoms with Crippen LogP contribution in [-0.2, 0) is 0 Å². The minimum absolute atomic E-state index is 0.262. The monoisotopic (exact) mass is 237 g/mol. The lowest BCUT2D eigenvalue weighted by Crippen LogP contribution is -2.53. The van der Waals surface area contributed by atoms with E-state index < -0.39 is 0 Å². The maximum atomic E-state index is 9.48. The molecule has 0 heterocycles. The van der Waals surface area contributed by atoms with Gasteiger partial charge in [0.1, 0.15) is 5.54 Å². The van der Waals surface area contributed by atoms with Crippen molar-refractivity contribution in [2.75, 3.05) is 19.6 Å². The summed E-state index contributed by atoms with van der Waals surface area (Å²) in [5.74, 6) is 0. The van der Waals surface area contributed by atoms with Gasteiger partial charge in [0.2, 0.25) is 0 Å². The highest BCUT2D eigenvalue weighted by molar-refractivity contribution is 5.11. The minimum Gasteiger partial charge on any atom is -0.301 e. The van der Waals surface area contributed by atoms with Gasteiger partial charge in [-0.15, -0.1) is 0 Å². The zero-order chi connectivity index (χ0) is 12.7. The first-order valence-electron chi connectivity index (χ1n) is 7.11. The van der Waals surface area contributed by atoms with Crippen LogP contribution in [0.2, 0.25) is 0 Å². The summed E-state index contributed by atoms with van der Waals surface area (Å²) < 4.78 is 0. The number of hydrogen-bond donors (Lipinski definition) is 1. The molecule has 3 heteroatoms. The second kappa shape index (κ2) is 6.98. The van der Waals surface area contributed by atoms with E-state index in [-0.39, 0.29) is 5.54 Å². The quantitative estimate of drug-likeness (QED) is 0.771. The summed E-state index contributed by atoms with van der Waals surface area (Å²) in [5, 5.41) is 13.0. The van der Waals surface area contributed by atoms with Gasteiger partial charge in [0.05, 0.1) is 6.07 Å². The van der Waals surface area contributed by atoms with Crippen LogP contribution in [0.3, 0.4) is 0 Å². The summed E-state index contributed by atoms with van der Waals surface area (Å²) in [5.41, 5.74) is -0.262. The normalized spacial score (nSPS) is 29.2. The number of rotatable bonds is 6. The van der Waals surface area contributed by atoms with Crippen LogP contribution in [0.25, 0.3) is 0 Å². The largest absolute Gasteiger partial charge is 0.301 e. The molecule has 0 aromatic carbocycles. The first kappa shape index (κ1) is 14.5. The van der Waals surface area contributed by atoms with E-state index in [0.717, 1.165) is 38.9 Å². The number of nitrogens with zero attached hydrogens (tertiary/aromatic N) is 2. The molecule has 0 bridgehead atoms. The Morgan fingerprint density at radius 3 is 2.59 bits per heavy atom. The highest BCUT2D eigenvalue weighted by atomic mass is 15.2. The summed E-state index contributed by atoms with van der Waals surface area (Å²) in [6.07, 6.45) is 5.52. The third kappa shape index (κ3) is 3.69. The van der Waals surface area contributed by atoms with Crippen molar-refractivity contribution < 1.29 is 0 Å². The maximum Gasteiger partial charge on any atom is 0.108 e. The van der Waals surface area contributed by atoms with Gasteiger partial charge in [0.25, 0.3) is 0 Å². The van der Waals surface area contributed by atoms with Gasteiger partial charge < -0.3 is 4.90 Å². The van der Waals surface area contributed by atoms with E-state index in [1.165, 1.54) is 12.8 Å². The lowest BCUT2D eigenvalue weighted by Gasteiger charge is -2.41. The highest BCUT2D eigenvalue weighted by Crippen LogP contribution is 2.30. The van der Waals surface area contributed by atoms with Gasteiger partial charge in [0, 0.05) is 6.04 Å². The summed E-state index contributed by atoms with van der Waals surface area (Å²) in [7, 11) is 0. The molecule has 2 unspecified atom stereocenters. The van der Waals surface area contributed by atoms with Gasteiger partial charge in [-0.2, -0.15) is 5.26 Å². The molecule has 0 radical (unpaired) electrons. The Kier molecular flexibility index (Phi) is 5.94. The molecule has 0 aromatic rings. The summed E-state index contributed by atoms with van der Waals surface area (Å²) >= 11 is 0. The zero-order valence-corrected chi connectivity index (χ0v) is 11.6. The molecule has 1 N–H and O–H groups in total. The zero-order valence-electron chi connectivity index (χ0n) is 11.6. The third-order valence-electron chi connectivity index (χ3n) is 3.98. The van der Waals surface area contributed by atoms with E-state index in [1.54, 1.807) is 0 Å². The predicted octanol–water partition coefficient (Wildman–Crippen LogP) is 2.53. The van der Waals surface area contributed by atoms with Crippen LogP contribution in [0, 0.1) is 11.3 Å². The van der Waals surface area contributed by atoms with Crippen LogP contribution in [0.1, 0.15) is 52.9 Å². The van der Waals surface area contributed by atoms with Crippen LogP contribution < -0.4 is 5.32 Å². The van der Waals surface area contributed by atoms with Crippen LogP contribution in [0.5, 0.6) is 0 Å². The van der Waals surface area contributed by atoms with E-state index in [9.17, 15) is 5.26 Å². The molecule has 0 spiro atoms. The Balaban J connectivity index is 2.65. The van der Waals surface area contributed by atoms with Gasteiger partial charge in [-0.1, -0.05) is 20.8 Å². The molecular formula is C14H27N3. The first-order chi connectivity index (χ1) is 8.21. The van der Waals surface area contributed by atoms with E-state index in [2.05, 4.69) is 37.1 Å². The maximum absolute atomic E-state index is 9.48. The van der Waals surface area contributed by atoms with Gasteiger partial charge in [0.15, 0.2) is 0 Å². The molecule has 1 aliphatic rings. The van der Waals surface area contributed by atoms with Crippen LogP contribution in [0.4, 0.5) is 0 Å². The number of nitrogens with one attached hydrogen (secondary N) is 1. The molecule has 17 heavy (non-hydrogen) atoms. The molecule has 0 amide bonds. The lowest BCUT2D eigenvalue weighted by atomic mass is 9.79. The number of nitriles is 1. The molecule has 98 valence electrons. The Hall–Kier alpha value is -0.590. The minimum atomic E-state index is -0.262. The smallest absolute Gasteiger partial charge is 0.108 e.